The molecule has 0 aliphatic carbocycles. The second-order valence-corrected chi connectivity index (χ2v) is 6.67. The molecular formula is C22H30N2O4. The van der Waals surface area contributed by atoms with Gasteiger partial charge in [0.2, 0.25) is 5.91 Å². The minimum absolute atomic E-state index is 0.183. The molecule has 0 aliphatic rings. The third-order valence-electron chi connectivity index (χ3n) is 4.39. The van der Waals surface area contributed by atoms with Crippen LogP contribution in [0, 0.1) is 13.8 Å². The number of primary amides is 1. The van der Waals surface area contributed by atoms with Gasteiger partial charge in [0.1, 0.15) is 12.4 Å². The molecule has 0 atom stereocenters. The van der Waals surface area contributed by atoms with Gasteiger partial charge in [0.15, 0.2) is 11.5 Å². The van der Waals surface area contributed by atoms with E-state index in [2.05, 4.69) is 31.3 Å². The largest absolute Gasteiger partial charge is 0.494 e. The molecule has 2 aromatic rings. The van der Waals surface area contributed by atoms with Gasteiger partial charge in [-0.1, -0.05) is 12.1 Å². The fourth-order valence-corrected chi connectivity index (χ4v) is 2.69. The van der Waals surface area contributed by atoms with Crippen LogP contribution in [0.3, 0.4) is 0 Å². The lowest BCUT2D eigenvalue weighted by atomic mass is 10.1. The molecule has 152 valence electrons. The van der Waals surface area contributed by atoms with Gasteiger partial charge < -0.3 is 25.3 Å². The number of methoxy groups -OCH3 is 1. The summed E-state index contributed by atoms with van der Waals surface area (Å²) in [7, 11) is 1.57. The molecule has 0 fully saturated rings. The van der Waals surface area contributed by atoms with E-state index in [4.69, 9.17) is 19.9 Å². The molecule has 1 amide bonds. The molecule has 0 spiro atoms. The second kappa shape index (κ2) is 11.2. The van der Waals surface area contributed by atoms with Gasteiger partial charge in [-0.05, 0) is 67.8 Å². The molecule has 0 unspecified atom stereocenters. The number of aryl methyl sites for hydroxylation is 2. The van der Waals surface area contributed by atoms with Crippen molar-refractivity contribution in [1.82, 2.24) is 5.32 Å². The van der Waals surface area contributed by atoms with E-state index in [1.54, 1.807) is 19.2 Å². The zero-order valence-electron chi connectivity index (χ0n) is 16.9. The first-order valence-electron chi connectivity index (χ1n) is 9.48. The highest BCUT2D eigenvalue weighted by Crippen LogP contribution is 2.28. The molecule has 2 aromatic carbocycles. The van der Waals surface area contributed by atoms with Crippen molar-refractivity contribution in [3.8, 4) is 17.2 Å². The van der Waals surface area contributed by atoms with Crippen LogP contribution in [0.15, 0.2) is 36.4 Å². The van der Waals surface area contributed by atoms with Crippen molar-refractivity contribution in [3.05, 3.63) is 53.1 Å². The summed E-state index contributed by atoms with van der Waals surface area (Å²) in [5, 5.41) is 3.33. The van der Waals surface area contributed by atoms with Crippen molar-refractivity contribution in [2.45, 2.75) is 26.7 Å². The first-order chi connectivity index (χ1) is 13.5. The van der Waals surface area contributed by atoms with E-state index in [1.807, 2.05) is 12.1 Å². The fraction of sp³-hybridized carbons (Fsp3) is 0.409. The Kier molecular flexibility index (Phi) is 8.62. The number of rotatable bonds is 12. The lowest BCUT2D eigenvalue weighted by Gasteiger charge is -2.12. The summed E-state index contributed by atoms with van der Waals surface area (Å²) in [6, 6.07) is 11.5. The summed E-state index contributed by atoms with van der Waals surface area (Å²) >= 11 is 0. The first kappa shape index (κ1) is 21.6. The highest BCUT2D eigenvalue weighted by atomic mass is 16.5. The van der Waals surface area contributed by atoms with Gasteiger partial charge in [0, 0.05) is 6.54 Å². The average Bonchev–Trinajstić information content (AvgIpc) is 2.67. The Labute approximate surface area is 167 Å². The smallest absolute Gasteiger partial charge is 0.221 e. The third kappa shape index (κ3) is 7.12. The van der Waals surface area contributed by atoms with Crippen LogP contribution in [0.5, 0.6) is 17.2 Å². The van der Waals surface area contributed by atoms with Gasteiger partial charge in [-0.25, -0.2) is 0 Å². The molecule has 0 radical (unpaired) electrons. The molecule has 0 heterocycles. The van der Waals surface area contributed by atoms with Crippen molar-refractivity contribution >= 4 is 5.91 Å². The van der Waals surface area contributed by atoms with Crippen LogP contribution in [-0.2, 0) is 11.2 Å². The molecule has 0 saturated carbocycles. The van der Waals surface area contributed by atoms with Gasteiger partial charge >= 0.3 is 0 Å². The number of hydrogen-bond donors (Lipinski definition) is 2. The minimum atomic E-state index is -0.374. The van der Waals surface area contributed by atoms with Gasteiger partial charge in [0.05, 0.1) is 20.1 Å². The summed E-state index contributed by atoms with van der Waals surface area (Å²) in [4.78, 5) is 11.0. The summed E-state index contributed by atoms with van der Waals surface area (Å²) in [5.41, 5.74) is 8.54. The number of amides is 1. The third-order valence-corrected chi connectivity index (χ3v) is 4.39. The Morgan fingerprint density at radius 2 is 1.79 bits per heavy atom. The van der Waals surface area contributed by atoms with E-state index >= 15 is 0 Å². The van der Waals surface area contributed by atoms with Crippen molar-refractivity contribution in [2.75, 3.05) is 33.4 Å². The molecule has 28 heavy (non-hydrogen) atoms. The van der Waals surface area contributed by atoms with Crippen molar-refractivity contribution in [3.63, 3.8) is 0 Å². The Morgan fingerprint density at radius 1 is 0.964 bits per heavy atom. The van der Waals surface area contributed by atoms with Crippen LogP contribution in [0.25, 0.3) is 0 Å². The van der Waals surface area contributed by atoms with Crippen LogP contribution in [0.2, 0.25) is 0 Å². The topological polar surface area (TPSA) is 82.8 Å². The zero-order chi connectivity index (χ0) is 20.4. The highest BCUT2D eigenvalue weighted by Gasteiger charge is 2.07. The molecule has 3 N–H and O–H groups in total. The van der Waals surface area contributed by atoms with Crippen molar-refractivity contribution < 1.29 is 19.0 Å². The Hall–Kier alpha value is -2.73. The molecule has 6 heteroatoms. The quantitative estimate of drug-likeness (QED) is 0.548. The SMILES string of the molecule is COc1cc(CC(N)=O)ccc1OCCNCCCOc1ccc(C)c(C)c1. The average molecular weight is 386 g/mol. The normalized spacial score (nSPS) is 10.5. The van der Waals surface area contributed by atoms with Crippen LogP contribution in [0.4, 0.5) is 0 Å². The molecule has 0 bridgehead atoms. The number of benzene rings is 2. The van der Waals surface area contributed by atoms with Gasteiger partial charge in [-0.3, -0.25) is 4.79 Å². The number of nitrogens with two attached hydrogens (primary N) is 1. The fourth-order valence-electron chi connectivity index (χ4n) is 2.69. The summed E-state index contributed by atoms with van der Waals surface area (Å²) < 4.78 is 16.8. The summed E-state index contributed by atoms with van der Waals surface area (Å²) in [5.74, 6) is 1.79. The van der Waals surface area contributed by atoms with Crippen molar-refractivity contribution in [1.29, 1.82) is 0 Å². The Morgan fingerprint density at radius 3 is 2.50 bits per heavy atom. The Balaban J connectivity index is 1.62. The zero-order valence-corrected chi connectivity index (χ0v) is 16.9. The molecular weight excluding hydrogens is 356 g/mol. The molecule has 0 aliphatic heterocycles. The summed E-state index contributed by atoms with van der Waals surface area (Å²) in [6.07, 6.45) is 1.10. The van der Waals surface area contributed by atoms with E-state index < -0.39 is 0 Å². The van der Waals surface area contributed by atoms with Crippen LogP contribution in [-0.4, -0.2) is 39.3 Å². The molecule has 2 rings (SSSR count). The number of hydrogen-bond acceptors (Lipinski definition) is 5. The number of carbonyl (C=O) groups is 1. The predicted octanol–water partition coefficient (Wildman–Crippen LogP) is 2.78. The lowest BCUT2D eigenvalue weighted by molar-refractivity contribution is -0.117. The van der Waals surface area contributed by atoms with Crippen LogP contribution < -0.4 is 25.3 Å². The van der Waals surface area contributed by atoms with E-state index in [0.29, 0.717) is 24.7 Å². The number of carbonyl (C=O) groups excluding carboxylic acids is 1. The monoisotopic (exact) mass is 386 g/mol. The Bertz CT molecular complexity index is 777. The standard InChI is InChI=1S/C22H30N2O4/c1-16-5-7-19(13-17(16)2)27-11-4-9-24-10-12-28-20-8-6-18(15-22(23)25)14-21(20)26-3/h5-8,13-14,24H,4,9-12,15H2,1-3H3,(H2,23,25). The first-order valence-corrected chi connectivity index (χ1v) is 9.48. The van der Waals surface area contributed by atoms with Gasteiger partial charge in [-0.15, -0.1) is 0 Å². The molecule has 6 nitrogen and oxygen atoms in total. The lowest BCUT2D eigenvalue weighted by Crippen LogP contribution is -2.23. The second-order valence-electron chi connectivity index (χ2n) is 6.67. The van der Waals surface area contributed by atoms with Crippen molar-refractivity contribution in [2.24, 2.45) is 5.73 Å². The van der Waals surface area contributed by atoms with E-state index in [0.717, 1.165) is 30.8 Å². The van der Waals surface area contributed by atoms with Gasteiger partial charge in [0.25, 0.3) is 0 Å². The van der Waals surface area contributed by atoms with E-state index in [9.17, 15) is 4.79 Å². The van der Waals surface area contributed by atoms with Crippen LogP contribution in [0.1, 0.15) is 23.1 Å². The summed E-state index contributed by atoms with van der Waals surface area (Å²) in [6.45, 7) is 6.94. The number of nitrogens with one attached hydrogen (secondary N) is 1. The maximum absolute atomic E-state index is 11.0. The molecule has 0 saturated heterocycles. The maximum atomic E-state index is 11.0. The van der Waals surface area contributed by atoms with Crippen LogP contribution >= 0.6 is 0 Å². The minimum Gasteiger partial charge on any atom is -0.494 e. The predicted molar refractivity (Wildman–Crippen MR) is 110 cm³/mol. The van der Waals surface area contributed by atoms with E-state index in [1.165, 1.54) is 11.1 Å². The van der Waals surface area contributed by atoms with E-state index in [-0.39, 0.29) is 12.3 Å². The maximum Gasteiger partial charge on any atom is 0.221 e. The molecule has 0 aromatic heterocycles. The highest BCUT2D eigenvalue weighted by molar-refractivity contribution is 5.76. The number of ether oxygens (including phenoxy) is 3. The van der Waals surface area contributed by atoms with Gasteiger partial charge in [-0.2, -0.15) is 0 Å².